The van der Waals surface area contributed by atoms with Crippen molar-refractivity contribution in [1.82, 2.24) is 0 Å². The molecule has 0 saturated heterocycles. The maximum atomic E-state index is 11.0. The fraction of sp³-hybridized carbons (Fsp3) is 0.182. The van der Waals surface area contributed by atoms with Gasteiger partial charge in [0.05, 0.1) is 23.8 Å². The molecule has 0 aromatic carbocycles. The van der Waals surface area contributed by atoms with Gasteiger partial charge in [-0.2, -0.15) is 0 Å². The van der Waals surface area contributed by atoms with Crippen LogP contribution in [0.4, 0.5) is 0 Å². The maximum absolute atomic E-state index is 11.0. The Hall–Kier alpha value is -2.37. The minimum absolute atomic E-state index is 0.0221. The third-order valence-electron chi connectivity index (χ3n) is 1.92. The molecule has 0 rings (SSSR count). The van der Waals surface area contributed by atoms with E-state index < -0.39 is 5.91 Å². The van der Waals surface area contributed by atoms with Crippen LogP contribution in [0.2, 0.25) is 0 Å². The van der Waals surface area contributed by atoms with E-state index in [0.717, 1.165) is 6.20 Å². The molecule has 0 fully saturated rings. The highest BCUT2D eigenvalue weighted by atomic mass is 16.5. The van der Waals surface area contributed by atoms with Gasteiger partial charge in [0.1, 0.15) is 0 Å². The van der Waals surface area contributed by atoms with Gasteiger partial charge < -0.3 is 27.7 Å². The van der Waals surface area contributed by atoms with Crippen LogP contribution in [-0.2, 0) is 9.53 Å². The van der Waals surface area contributed by atoms with Crippen molar-refractivity contribution in [1.29, 1.82) is 0 Å². The average molecular weight is 238 g/mol. The van der Waals surface area contributed by atoms with Crippen molar-refractivity contribution in [3.63, 3.8) is 0 Å². The Morgan fingerprint density at radius 1 is 1.29 bits per heavy atom. The van der Waals surface area contributed by atoms with Gasteiger partial charge in [0.2, 0.25) is 0 Å². The molecule has 0 heterocycles. The molecule has 0 aliphatic heterocycles. The van der Waals surface area contributed by atoms with E-state index in [2.05, 4.69) is 6.58 Å². The Labute approximate surface area is 100 Å². The van der Waals surface area contributed by atoms with E-state index in [4.69, 9.17) is 27.7 Å². The van der Waals surface area contributed by atoms with Gasteiger partial charge in [0.25, 0.3) is 5.91 Å². The fourth-order valence-corrected chi connectivity index (χ4v) is 1.03. The van der Waals surface area contributed by atoms with Crippen LogP contribution < -0.4 is 22.9 Å². The Balaban J connectivity index is 4.50. The number of ether oxygens (including phenoxy) is 1. The van der Waals surface area contributed by atoms with E-state index in [-0.39, 0.29) is 11.3 Å². The van der Waals surface area contributed by atoms with Crippen molar-refractivity contribution in [3.05, 3.63) is 48.3 Å². The third kappa shape index (κ3) is 5.31. The first-order chi connectivity index (χ1) is 8.04. The zero-order valence-electron chi connectivity index (χ0n) is 9.56. The van der Waals surface area contributed by atoms with Gasteiger partial charge >= 0.3 is 0 Å². The number of amides is 1. The topological polar surface area (TPSA) is 130 Å². The van der Waals surface area contributed by atoms with Gasteiger partial charge in [0, 0.05) is 11.9 Å². The Bertz CT molecular complexity index is 370. The lowest BCUT2D eigenvalue weighted by atomic mass is 10.1. The summed E-state index contributed by atoms with van der Waals surface area (Å²) in [4.78, 5) is 11.0. The highest BCUT2D eigenvalue weighted by Crippen LogP contribution is 2.09. The number of allylic oxidation sites excluding steroid dienone is 2. The van der Waals surface area contributed by atoms with E-state index in [0.29, 0.717) is 18.5 Å². The number of primary amides is 1. The first-order valence-corrected chi connectivity index (χ1v) is 4.92. The summed E-state index contributed by atoms with van der Waals surface area (Å²) >= 11 is 0. The summed E-state index contributed by atoms with van der Waals surface area (Å²) in [5.41, 5.74) is 22.1. The monoisotopic (exact) mass is 238 g/mol. The summed E-state index contributed by atoms with van der Waals surface area (Å²) in [6.07, 6.45) is 6.64. The van der Waals surface area contributed by atoms with Gasteiger partial charge in [-0.05, 0) is 18.9 Å². The average Bonchev–Trinajstić information content (AvgIpc) is 2.28. The summed E-state index contributed by atoms with van der Waals surface area (Å²) in [6.45, 7) is 3.38. The Morgan fingerprint density at radius 3 is 2.41 bits per heavy atom. The number of carbonyl (C=O) groups excluding carboxylic acids is 1. The van der Waals surface area contributed by atoms with E-state index in [1.54, 1.807) is 6.08 Å². The molecule has 0 radical (unpaired) electrons. The van der Waals surface area contributed by atoms with Crippen molar-refractivity contribution >= 4 is 5.91 Å². The van der Waals surface area contributed by atoms with Crippen LogP contribution in [0.25, 0.3) is 0 Å². The molecular formula is C11H18N4O2. The third-order valence-corrected chi connectivity index (χ3v) is 1.92. The predicted octanol–water partition coefficient (Wildman–Crippen LogP) is -0.103. The lowest BCUT2D eigenvalue weighted by Gasteiger charge is -2.07. The lowest BCUT2D eigenvalue weighted by molar-refractivity contribution is -0.114. The molecule has 1 amide bonds. The molecule has 0 saturated carbocycles. The molecule has 0 atom stereocenters. The first kappa shape index (κ1) is 14.6. The van der Waals surface area contributed by atoms with Crippen molar-refractivity contribution < 1.29 is 9.53 Å². The zero-order chi connectivity index (χ0) is 13.3. The normalized spacial score (nSPS) is 13.3. The van der Waals surface area contributed by atoms with Crippen molar-refractivity contribution in [2.45, 2.75) is 12.8 Å². The van der Waals surface area contributed by atoms with Crippen LogP contribution in [0, 0.1) is 0 Å². The number of rotatable bonds is 7. The van der Waals surface area contributed by atoms with Crippen molar-refractivity contribution in [3.8, 4) is 0 Å². The summed E-state index contributed by atoms with van der Waals surface area (Å²) in [5, 5.41) is 0. The molecule has 0 aliphatic rings. The van der Waals surface area contributed by atoms with E-state index in [1.165, 1.54) is 12.5 Å². The van der Waals surface area contributed by atoms with Crippen LogP contribution >= 0.6 is 0 Å². The number of hydrogen-bond donors (Lipinski definition) is 4. The van der Waals surface area contributed by atoms with Gasteiger partial charge in [-0.1, -0.05) is 6.58 Å². The Kier molecular flexibility index (Phi) is 6.77. The predicted molar refractivity (Wildman–Crippen MR) is 66.5 cm³/mol. The molecule has 0 unspecified atom stereocenters. The maximum Gasteiger partial charge on any atom is 0.252 e. The standard InChI is InChI=1S/C11H18N4O2/c1-2-17-6-4-3-5-9(13)10(14)8(7-12)11(15)16/h2,4,6-7H,1,3,5,12-14H2,(H2,15,16)/b6-4-,8-7+,10-9+. The molecule has 17 heavy (non-hydrogen) atoms. The smallest absolute Gasteiger partial charge is 0.252 e. The summed E-state index contributed by atoms with van der Waals surface area (Å²) in [7, 11) is 0. The van der Waals surface area contributed by atoms with Crippen molar-refractivity contribution in [2.24, 2.45) is 22.9 Å². The first-order valence-electron chi connectivity index (χ1n) is 4.92. The quantitative estimate of drug-likeness (QED) is 0.279. The second-order valence-corrected chi connectivity index (χ2v) is 3.10. The molecule has 0 aromatic heterocycles. The molecule has 0 bridgehead atoms. The van der Waals surface area contributed by atoms with Crippen LogP contribution in [0.3, 0.4) is 0 Å². The summed E-state index contributed by atoms with van der Waals surface area (Å²) in [6, 6.07) is 0. The minimum atomic E-state index is -0.710. The van der Waals surface area contributed by atoms with Gasteiger partial charge in [-0.3, -0.25) is 4.79 Å². The van der Waals surface area contributed by atoms with Gasteiger partial charge in [-0.15, -0.1) is 0 Å². The second kappa shape index (κ2) is 7.86. The van der Waals surface area contributed by atoms with Crippen LogP contribution in [0.1, 0.15) is 12.8 Å². The molecule has 0 aromatic rings. The summed E-state index contributed by atoms with van der Waals surface area (Å²) < 4.78 is 4.77. The molecular weight excluding hydrogens is 220 g/mol. The van der Waals surface area contributed by atoms with Crippen LogP contribution in [0.5, 0.6) is 0 Å². The Morgan fingerprint density at radius 2 is 1.94 bits per heavy atom. The number of nitrogens with two attached hydrogens (primary N) is 4. The molecule has 0 spiro atoms. The van der Waals surface area contributed by atoms with E-state index >= 15 is 0 Å². The van der Waals surface area contributed by atoms with Crippen LogP contribution in [0.15, 0.2) is 48.3 Å². The highest BCUT2D eigenvalue weighted by Gasteiger charge is 2.10. The molecule has 94 valence electrons. The molecule has 6 nitrogen and oxygen atoms in total. The van der Waals surface area contributed by atoms with Crippen LogP contribution in [-0.4, -0.2) is 5.91 Å². The van der Waals surface area contributed by atoms with E-state index in [1.807, 2.05) is 0 Å². The van der Waals surface area contributed by atoms with Gasteiger partial charge in [0.15, 0.2) is 0 Å². The number of hydrogen-bond acceptors (Lipinski definition) is 5. The molecule has 8 N–H and O–H groups in total. The lowest BCUT2D eigenvalue weighted by Crippen LogP contribution is -2.23. The van der Waals surface area contributed by atoms with Crippen molar-refractivity contribution in [2.75, 3.05) is 0 Å². The fourth-order valence-electron chi connectivity index (χ4n) is 1.03. The molecule has 6 heteroatoms. The minimum Gasteiger partial charge on any atom is -0.474 e. The summed E-state index contributed by atoms with van der Waals surface area (Å²) in [5.74, 6) is -0.710. The van der Waals surface area contributed by atoms with Gasteiger partial charge in [-0.25, -0.2) is 0 Å². The SMILES string of the molecule is C=CO/C=C\CC/C(N)=C(N)/C(=C\N)C(N)=O. The van der Waals surface area contributed by atoms with E-state index in [9.17, 15) is 4.79 Å². The largest absolute Gasteiger partial charge is 0.474 e. The number of carbonyl (C=O) groups is 1. The zero-order valence-corrected chi connectivity index (χ0v) is 9.56. The second-order valence-electron chi connectivity index (χ2n) is 3.10. The molecule has 0 aliphatic carbocycles. The highest BCUT2D eigenvalue weighted by molar-refractivity contribution is 5.96.